The van der Waals surface area contributed by atoms with Gasteiger partial charge in [-0.2, -0.15) is 0 Å². The van der Waals surface area contributed by atoms with Gasteiger partial charge in [0.1, 0.15) is 0 Å². The molecule has 106 valence electrons. The summed E-state index contributed by atoms with van der Waals surface area (Å²) in [6, 6.07) is 7.46. The number of nitrogens with zero attached hydrogens (tertiary/aromatic N) is 3. The van der Waals surface area contributed by atoms with E-state index in [0.29, 0.717) is 29.3 Å². The molecule has 1 saturated heterocycles. The van der Waals surface area contributed by atoms with Crippen LogP contribution in [-0.2, 0) is 6.54 Å². The molecule has 1 aliphatic heterocycles. The normalized spacial score (nSPS) is 19.6. The molecule has 2 N–H and O–H groups in total. The van der Waals surface area contributed by atoms with Gasteiger partial charge >= 0.3 is 0 Å². The Morgan fingerprint density at radius 2 is 2.20 bits per heavy atom. The Kier molecular flexibility index (Phi) is 4.00. The topological polar surface area (TPSA) is 68.2 Å². The van der Waals surface area contributed by atoms with Crippen LogP contribution in [0.5, 0.6) is 0 Å². The molecule has 20 heavy (non-hydrogen) atoms. The molecule has 0 amide bonds. The van der Waals surface area contributed by atoms with Crippen molar-refractivity contribution in [2.24, 2.45) is 11.7 Å². The van der Waals surface area contributed by atoms with E-state index in [1.807, 2.05) is 24.3 Å². The molecule has 3 rings (SSSR count). The monoisotopic (exact) mass is 292 g/mol. The van der Waals surface area contributed by atoms with Crippen molar-refractivity contribution in [2.75, 3.05) is 19.6 Å². The van der Waals surface area contributed by atoms with Crippen molar-refractivity contribution >= 4 is 11.6 Å². The van der Waals surface area contributed by atoms with Crippen LogP contribution in [0.1, 0.15) is 12.3 Å². The van der Waals surface area contributed by atoms with Crippen LogP contribution in [0.15, 0.2) is 28.7 Å². The number of rotatable bonds is 4. The smallest absolute Gasteiger partial charge is 0.249 e. The Balaban J connectivity index is 1.70. The van der Waals surface area contributed by atoms with E-state index in [0.717, 1.165) is 31.6 Å². The van der Waals surface area contributed by atoms with Gasteiger partial charge in [0, 0.05) is 6.54 Å². The van der Waals surface area contributed by atoms with E-state index >= 15 is 0 Å². The second-order valence-electron chi connectivity index (χ2n) is 5.11. The van der Waals surface area contributed by atoms with E-state index in [-0.39, 0.29) is 0 Å². The minimum atomic E-state index is 0.472. The van der Waals surface area contributed by atoms with Gasteiger partial charge in [-0.25, -0.2) is 0 Å². The van der Waals surface area contributed by atoms with Gasteiger partial charge in [-0.1, -0.05) is 23.7 Å². The lowest BCUT2D eigenvalue weighted by molar-refractivity contribution is 0.282. The lowest BCUT2D eigenvalue weighted by Crippen LogP contribution is -2.22. The fourth-order valence-electron chi connectivity index (χ4n) is 2.50. The van der Waals surface area contributed by atoms with Crippen molar-refractivity contribution in [1.29, 1.82) is 0 Å². The maximum atomic E-state index is 6.12. The highest BCUT2D eigenvalue weighted by molar-refractivity contribution is 6.33. The summed E-state index contributed by atoms with van der Waals surface area (Å²) in [4.78, 5) is 2.29. The highest BCUT2D eigenvalue weighted by Gasteiger charge is 2.23. The SMILES string of the molecule is NCC1CCN(Cc2nnc(-c3ccccc3Cl)o2)C1. The fraction of sp³-hybridized carbons (Fsp3) is 0.429. The summed E-state index contributed by atoms with van der Waals surface area (Å²) in [5.74, 6) is 1.68. The molecular formula is C14H17ClN4O. The van der Waals surface area contributed by atoms with Gasteiger partial charge in [-0.15, -0.1) is 10.2 Å². The predicted molar refractivity (Wildman–Crippen MR) is 77.2 cm³/mol. The van der Waals surface area contributed by atoms with Crippen molar-refractivity contribution in [1.82, 2.24) is 15.1 Å². The maximum absolute atomic E-state index is 6.12. The van der Waals surface area contributed by atoms with Crippen LogP contribution in [0, 0.1) is 5.92 Å². The third-order valence-electron chi connectivity index (χ3n) is 3.63. The Bertz CT molecular complexity index is 586. The van der Waals surface area contributed by atoms with Gasteiger partial charge in [-0.05, 0) is 37.6 Å². The largest absolute Gasteiger partial charge is 0.419 e. The Morgan fingerprint density at radius 1 is 1.35 bits per heavy atom. The minimum Gasteiger partial charge on any atom is -0.419 e. The third-order valence-corrected chi connectivity index (χ3v) is 3.96. The van der Waals surface area contributed by atoms with Gasteiger partial charge in [0.05, 0.1) is 17.1 Å². The fourth-order valence-corrected chi connectivity index (χ4v) is 2.72. The first kappa shape index (κ1) is 13.5. The number of likely N-dealkylation sites (tertiary alicyclic amines) is 1. The molecule has 1 fully saturated rings. The zero-order valence-electron chi connectivity index (χ0n) is 11.1. The van der Waals surface area contributed by atoms with Crippen LogP contribution in [0.4, 0.5) is 0 Å². The summed E-state index contributed by atoms with van der Waals surface area (Å²) in [7, 11) is 0. The van der Waals surface area contributed by atoms with Crippen molar-refractivity contribution in [3.05, 3.63) is 35.2 Å². The van der Waals surface area contributed by atoms with Crippen molar-refractivity contribution < 1.29 is 4.42 Å². The first-order chi connectivity index (χ1) is 9.76. The molecule has 0 spiro atoms. The van der Waals surface area contributed by atoms with Crippen LogP contribution < -0.4 is 5.73 Å². The van der Waals surface area contributed by atoms with Gasteiger partial charge in [0.25, 0.3) is 0 Å². The molecule has 2 heterocycles. The lowest BCUT2D eigenvalue weighted by atomic mass is 10.1. The standard InChI is InChI=1S/C14H17ClN4O/c15-12-4-2-1-3-11(12)14-18-17-13(20-14)9-19-6-5-10(7-16)8-19/h1-4,10H,5-9,16H2. The summed E-state index contributed by atoms with van der Waals surface area (Å²) in [6.45, 7) is 3.45. The van der Waals surface area contributed by atoms with Gasteiger partial charge in [0.2, 0.25) is 11.8 Å². The second-order valence-corrected chi connectivity index (χ2v) is 5.51. The Hall–Kier alpha value is -1.43. The summed E-state index contributed by atoms with van der Waals surface area (Å²) < 4.78 is 5.70. The number of aromatic nitrogens is 2. The highest BCUT2D eigenvalue weighted by atomic mass is 35.5. The van der Waals surface area contributed by atoms with E-state index in [9.17, 15) is 0 Å². The summed E-state index contributed by atoms with van der Waals surface area (Å²) in [5.41, 5.74) is 6.47. The molecule has 2 aromatic rings. The Morgan fingerprint density at radius 3 is 2.95 bits per heavy atom. The number of halogens is 1. The summed E-state index contributed by atoms with van der Waals surface area (Å²) in [5, 5.41) is 8.79. The number of hydrogen-bond donors (Lipinski definition) is 1. The molecule has 0 aliphatic carbocycles. The first-order valence-electron chi connectivity index (χ1n) is 6.76. The summed E-state index contributed by atoms with van der Waals surface area (Å²) in [6.07, 6.45) is 1.14. The van der Waals surface area contributed by atoms with Crippen LogP contribution >= 0.6 is 11.6 Å². The second kappa shape index (κ2) is 5.91. The molecule has 1 aliphatic rings. The number of benzene rings is 1. The van der Waals surface area contributed by atoms with Crippen LogP contribution in [0.2, 0.25) is 5.02 Å². The van der Waals surface area contributed by atoms with E-state index < -0.39 is 0 Å². The molecular weight excluding hydrogens is 276 g/mol. The van der Waals surface area contributed by atoms with Gasteiger partial charge < -0.3 is 10.2 Å². The molecule has 5 nitrogen and oxygen atoms in total. The zero-order chi connectivity index (χ0) is 13.9. The molecule has 0 saturated carbocycles. The predicted octanol–water partition coefficient (Wildman–Crippen LogP) is 2.17. The average molecular weight is 293 g/mol. The molecule has 1 aromatic carbocycles. The number of hydrogen-bond acceptors (Lipinski definition) is 5. The Labute approximate surface area is 122 Å². The first-order valence-corrected chi connectivity index (χ1v) is 7.13. The molecule has 1 atom stereocenters. The zero-order valence-corrected chi connectivity index (χ0v) is 11.9. The molecule has 0 radical (unpaired) electrons. The lowest BCUT2D eigenvalue weighted by Gasteiger charge is -2.12. The summed E-state index contributed by atoms with van der Waals surface area (Å²) >= 11 is 6.12. The third kappa shape index (κ3) is 2.85. The van der Waals surface area contributed by atoms with Crippen molar-refractivity contribution in [3.8, 4) is 11.5 Å². The van der Waals surface area contributed by atoms with E-state index in [2.05, 4.69) is 15.1 Å². The minimum absolute atomic E-state index is 0.472. The number of nitrogens with two attached hydrogens (primary N) is 1. The average Bonchev–Trinajstić information content (AvgIpc) is 3.09. The molecule has 0 bridgehead atoms. The maximum Gasteiger partial charge on any atom is 0.249 e. The van der Waals surface area contributed by atoms with E-state index in [4.69, 9.17) is 21.8 Å². The van der Waals surface area contributed by atoms with Gasteiger partial charge in [0.15, 0.2) is 0 Å². The van der Waals surface area contributed by atoms with E-state index in [1.54, 1.807) is 0 Å². The van der Waals surface area contributed by atoms with Crippen LogP contribution in [-0.4, -0.2) is 34.7 Å². The van der Waals surface area contributed by atoms with Crippen molar-refractivity contribution in [2.45, 2.75) is 13.0 Å². The molecule has 6 heteroatoms. The van der Waals surface area contributed by atoms with E-state index in [1.165, 1.54) is 0 Å². The molecule has 1 unspecified atom stereocenters. The van der Waals surface area contributed by atoms with Gasteiger partial charge in [-0.3, -0.25) is 4.90 Å². The van der Waals surface area contributed by atoms with Crippen molar-refractivity contribution in [3.63, 3.8) is 0 Å². The van der Waals surface area contributed by atoms with Crippen LogP contribution in [0.25, 0.3) is 11.5 Å². The highest BCUT2D eigenvalue weighted by Crippen LogP contribution is 2.26. The quantitative estimate of drug-likeness (QED) is 0.935. The molecule has 1 aromatic heterocycles. The van der Waals surface area contributed by atoms with Crippen LogP contribution in [0.3, 0.4) is 0 Å².